The number of carbonyl (C=O) groups is 1. The number of carbonyl (C=O) groups excluding carboxylic acids is 1. The molecule has 2 aromatic carbocycles. The van der Waals surface area contributed by atoms with E-state index in [0.717, 1.165) is 46.8 Å². The van der Waals surface area contributed by atoms with Crippen LogP contribution in [0.15, 0.2) is 41.8 Å². The van der Waals surface area contributed by atoms with E-state index in [-0.39, 0.29) is 5.50 Å². The first kappa shape index (κ1) is 21.1. The molecule has 1 amide bonds. The zero-order valence-corrected chi connectivity index (χ0v) is 18.2. The van der Waals surface area contributed by atoms with Crippen molar-refractivity contribution in [2.75, 3.05) is 13.2 Å². The number of nitrogens with zero attached hydrogens (tertiary/aromatic N) is 1. The van der Waals surface area contributed by atoms with Gasteiger partial charge < -0.3 is 10.1 Å². The lowest BCUT2D eigenvalue weighted by Gasteiger charge is -2.28. The van der Waals surface area contributed by atoms with Gasteiger partial charge >= 0.3 is 0 Å². The van der Waals surface area contributed by atoms with Crippen LogP contribution in [-0.2, 0) is 13.0 Å². The van der Waals surface area contributed by atoms with E-state index in [0.29, 0.717) is 24.5 Å². The van der Waals surface area contributed by atoms with E-state index < -0.39 is 5.91 Å². The first-order valence-corrected chi connectivity index (χ1v) is 11.3. The molecule has 0 saturated carbocycles. The van der Waals surface area contributed by atoms with Crippen LogP contribution in [0.2, 0.25) is 5.02 Å². The van der Waals surface area contributed by atoms with E-state index in [9.17, 15) is 4.79 Å². The number of hydroxylamine groups is 1. The Kier molecular flexibility index (Phi) is 6.53. The summed E-state index contributed by atoms with van der Waals surface area (Å²) in [6.45, 7) is 4.07. The van der Waals surface area contributed by atoms with Gasteiger partial charge in [0.15, 0.2) is 0 Å². The highest BCUT2D eigenvalue weighted by Gasteiger charge is 2.28. The molecule has 0 bridgehead atoms. The molecule has 1 unspecified atom stereocenters. The molecule has 0 aromatic heterocycles. The second-order valence-corrected chi connectivity index (χ2v) is 8.63. The Morgan fingerprint density at radius 2 is 2.27 bits per heavy atom. The Morgan fingerprint density at radius 3 is 3.03 bits per heavy atom. The number of ether oxygens (including phenoxy) is 1. The molecule has 2 heterocycles. The fourth-order valence-electron chi connectivity index (χ4n) is 3.86. The Hall–Kier alpha value is -2.19. The maximum atomic E-state index is 12.0. The quantitative estimate of drug-likeness (QED) is 0.472. The number of benzene rings is 2. The van der Waals surface area contributed by atoms with E-state index in [2.05, 4.69) is 15.6 Å². The molecule has 158 valence electrons. The average Bonchev–Trinajstić information content (AvgIpc) is 3.14. The largest absolute Gasteiger partial charge is 0.494 e. The van der Waals surface area contributed by atoms with E-state index in [1.54, 1.807) is 23.3 Å². The van der Waals surface area contributed by atoms with Crippen molar-refractivity contribution in [3.8, 4) is 5.75 Å². The van der Waals surface area contributed by atoms with Crippen LogP contribution >= 0.6 is 23.4 Å². The summed E-state index contributed by atoms with van der Waals surface area (Å²) in [4.78, 5) is 14.3. The smallest absolute Gasteiger partial charge is 0.274 e. The summed E-state index contributed by atoms with van der Waals surface area (Å²) in [5.74, 6) is 0.176. The fourth-order valence-corrected chi connectivity index (χ4v) is 5.07. The number of fused-ring (bicyclic) bond motifs is 1. The van der Waals surface area contributed by atoms with Crippen molar-refractivity contribution in [1.29, 1.82) is 0 Å². The highest BCUT2D eigenvalue weighted by Crippen LogP contribution is 2.35. The van der Waals surface area contributed by atoms with Gasteiger partial charge in [-0.1, -0.05) is 35.5 Å². The minimum atomic E-state index is -0.525. The summed E-state index contributed by atoms with van der Waals surface area (Å²) in [6.07, 6.45) is 1.82. The summed E-state index contributed by atoms with van der Waals surface area (Å²) in [6, 6.07) is 11.4. The van der Waals surface area contributed by atoms with Crippen molar-refractivity contribution in [3.05, 3.63) is 69.1 Å². The standard InChI is InChI=1S/C22H24ClN3O3S/c1-2-29-20-11-16(21(27)25-28)9-14-6-4-8-26(12-18(14)20)22-24-19(13-30-22)15-5-3-7-17(23)10-15/h3,5,7,9-11,13,22,24,28H,2,4,6,8,12H2,1H3,(H,25,27). The van der Waals surface area contributed by atoms with Crippen LogP contribution < -0.4 is 15.5 Å². The van der Waals surface area contributed by atoms with Crippen molar-refractivity contribution < 1.29 is 14.7 Å². The zero-order valence-electron chi connectivity index (χ0n) is 16.7. The molecule has 2 aliphatic rings. The minimum Gasteiger partial charge on any atom is -0.494 e. The SMILES string of the molecule is CCOc1cc(C(=O)NO)cc2c1CN(C1NC(c3cccc(Cl)c3)=CS1)CCC2. The molecule has 1 atom stereocenters. The fraction of sp³-hybridized carbons (Fsp3) is 0.318. The Morgan fingerprint density at radius 1 is 1.40 bits per heavy atom. The van der Waals surface area contributed by atoms with Crippen LogP contribution in [0, 0.1) is 0 Å². The van der Waals surface area contributed by atoms with Gasteiger partial charge in [0.05, 0.1) is 6.61 Å². The average molecular weight is 446 g/mol. The number of nitrogens with one attached hydrogen (secondary N) is 2. The highest BCUT2D eigenvalue weighted by atomic mass is 35.5. The van der Waals surface area contributed by atoms with Gasteiger partial charge in [0.25, 0.3) is 5.91 Å². The Labute approximate surface area is 185 Å². The molecule has 2 aromatic rings. The Bertz CT molecular complexity index is 982. The number of thioether (sulfide) groups is 1. The molecule has 0 radical (unpaired) electrons. The highest BCUT2D eigenvalue weighted by molar-refractivity contribution is 8.03. The summed E-state index contributed by atoms with van der Waals surface area (Å²) < 4.78 is 5.87. The van der Waals surface area contributed by atoms with Gasteiger partial charge in [0.1, 0.15) is 11.2 Å². The van der Waals surface area contributed by atoms with Crippen LogP contribution in [0.5, 0.6) is 5.75 Å². The summed E-state index contributed by atoms with van der Waals surface area (Å²) in [5.41, 5.74) is 6.56. The summed E-state index contributed by atoms with van der Waals surface area (Å²) in [5, 5.41) is 15.5. The Balaban J connectivity index is 1.56. The maximum absolute atomic E-state index is 12.0. The third kappa shape index (κ3) is 4.44. The van der Waals surface area contributed by atoms with Crippen molar-refractivity contribution in [1.82, 2.24) is 15.7 Å². The van der Waals surface area contributed by atoms with Gasteiger partial charge in [-0.2, -0.15) is 0 Å². The van der Waals surface area contributed by atoms with Crippen LogP contribution in [-0.4, -0.2) is 34.7 Å². The number of hydrogen-bond acceptors (Lipinski definition) is 6. The first-order chi connectivity index (χ1) is 14.6. The molecule has 0 aliphatic carbocycles. The van der Waals surface area contributed by atoms with Crippen LogP contribution in [0.4, 0.5) is 0 Å². The molecule has 0 spiro atoms. The third-order valence-corrected chi connectivity index (χ3v) is 6.56. The number of amides is 1. The van der Waals surface area contributed by atoms with Gasteiger partial charge in [0.2, 0.25) is 0 Å². The molecule has 6 nitrogen and oxygen atoms in total. The topological polar surface area (TPSA) is 73.8 Å². The second-order valence-electron chi connectivity index (χ2n) is 7.23. The predicted octanol–water partition coefficient (Wildman–Crippen LogP) is 4.22. The van der Waals surface area contributed by atoms with Crippen molar-refractivity contribution >= 4 is 35.0 Å². The normalized spacial score (nSPS) is 18.8. The predicted molar refractivity (Wildman–Crippen MR) is 120 cm³/mol. The zero-order chi connectivity index (χ0) is 21.1. The van der Waals surface area contributed by atoms with E-state index in [1.165, 1.54) is 0 Å². The van der Waals surface area contributed by atoms with Gasteiger partial charge in [-0.25, -0.2) is 5.48 Å². The molecule has 4 rings (SSSR count). The summed E-state index contributed by atoms with van der Waals surface area (Å²) in [7, 11) is 0. The third-order valence-electron chi connectivity index (χ3n) is 5.28. The number of hydrogen-bond donors (Lipinski definition) is 3. The van der Waals surface area contributed by atoms with Gasteiger partial charge in [-0.3, -0.25) is 14.9 Å². The van der Waals surface area contributed by atoms with Crippen molar-refractivity contribution in [3.63, 3.8) is 0 Å². The van der Waals surface area contributed by atoms with Crippen molar-refractivity contribution in [2.24, 2.45) is 0 Å². The van der Waals surface area contributed by atoms with Crippen LogP contribution in [0.1, 0.15) is 40.4 Å². The number of aryl methyl sites for hydroxylation is 1. The molecular formula is C22H24ClN3O3S. The number of rotatable bonds is 5. The first-order valence-electron chi connectivity index (χ1n) is 9.94. The van der Waals surface area contributed by atoms with E-state index in [1.807, 2.05) is 37.3 Å². The molecule has 30 heavy (non-hydrogen) atoms. The molecule has 3 N–H and O–H groups in total. The lowest BCUT2D eigenvalue weighted by Crippen LogP contribution is -2.40. The van der Waals surface area contributed by atoms with Crippen molar-refractivity contribution in [2.45, 2.75) is 31.8 Å². The maximum Gasteiger partial charge on any atom is 0.274 e. The molecule has 0 saturated heterocycles. The molecular weight excluding hydrogens is 422 g/mol. The van der Waals surface area contributed by atoms with E-state index >= 15 is 0 Å². The lowest BCUT2D eigenvalue weighted by atomic mass is 9.99. The minimum absolute atomic E-state index is 0.111. The monoisotopic (exact) mass is 445 g/mol. The number of halogens is 1. The van der Waals surface area contributed by atoms with Gasteiger partial charge in [-0.15, -0.1) is 0 Å². The van der Waals surface area contributed by atoms with Gasteiger partial charge in [-0.05, 0) is 60.6 Å². The van der Waals surface area contributed by atoms with E-state index in [4.69, 9.17) is 21.5 Å². The molecule has 0 fully saturated rings. The second kappa shape index (κ2) is 9.31. The van der Waals surface area contributed by atoms with Crippen LogP contribution in [0.3, 0.4) is 0 Å². The van der Waals surface area contributed by atoms with Gasteiger partial charge in [0, 0.05) is 34.9 Å². The molecule has 2 aliphatic heterocycles. The van der Waals surface area contributed by atoms with Crippen LogP contribution in [0.25, 0.3) is 5.70 Å². The summed E-state index contributed by atoms with van der Waals surface area (Å²) >= 11 is 7.89. The lowest BCUT2D eigenvalue weighted by molar-refractivity contribution is 0.0705. The molecule has 8 heteroatoms.